The number of methoxy groups -OCH3 is 1. The van der Waals surface area contributed by atoms with Crippen LogP contribution < -0.4 is 14.2 Å². The molecule has 2 aromatic rings. The molecule has 1 aliphatic rings. The van der Waals surface area contributed by atoms with Crippen molar-refractivity contribution < 1.29 is 26.8 Å². The summed E-state index contributed by atoms with van der Waals surface area (Å²) >= 11 is 0. The Kier molecular flexibility index (Phi) is 5.68. The number of ether oxygens (including phenoxy) is 3. The van der Waals surface area contributed by atoms with Crippen molar-refractivity contribution in [1.29, 1.82) is 0 Å². The molecule has 0 unspecified atom stereocenters. The second-order valence-corrected chi connectivity index (χ2v) is 7.80. The van der Waals surface area contributed by atoms with E-state index in [4.69, 9.17) is 18.4 Å². The predicted octanol–water partition coefficient (Wildman–Crippen LogP) is 3.29. The summed E-state index contributed by atoms with van der Waals surface area (Å²) in [6.07, 6.45) is 0.275. The van der Waals surface area contributed by atoms with E-state index in [2.05, 4.69) is 0 Å². The summed E-state index contributed by atoms with van der Waals surface area (Å²) in [4.78, 5) is 0. The van der Waals surface area contributed by atoms with E-state index in [1.54, 1.807) is 13.2 Å². The molecule has 7 heteroatoms. The van der Waals surface area contributed by atoms with Crippen molar-refractivity contribution in [2.45, 2.75) is 32.7 Å². The highest BCUT2D eigenvalue weighted by Gasteiger charge is 2.26. The Labute approximate surface area is 153 Å². The van der Waals surface area contributed by atoms with Crippen LogP contribution in [0.2, 0.25) is 0 Å². The zero-order chi connectivity index (χ0) is 18.6. The van der Waals surface area contributed by atoms with Gasteiger partial charge in [0.25, 0.3) is 10.1 Å². The first-order chi connectivity index (χ1) is 12.5. The molecule has 0 bridgehead atoms. The van der Waals surface area contributed by atoms with Crippen molar-refractivity contribution in [3.63, 3.8) is 0 Å². The highest BCUT2D eigenvalue weighted by Crippen LogP contribution is 2.39. The zero-order valence-corrected chi connectivity index (χ0v) is 15.6. The molecule has 3 rings (SSSR count). The molecule has 0 saturated carbocycles. The number of benzene rings is 2. The van der Waals surface area contributed by atoms with Crippen LogP contribution >= 0.6 is 0 Å². The SMILES string of the molecule is CCS(=O)(=O)O[C@@H]1CCc2cc(OC)c(OCc3ccccc3)cc2O1. The zero-order valence-electron chi connectivity index (χ0n) is 14.8. The van der Waals surface area contributed by atoms with Gasteiger partial charge in [-0.2, -0.15) is 8.42 Å². The third-order valence-electron chi connectivity index (χ3n) is 4.10. The summed E-state index contributed by atoms with van der Waals surface area (Å²) in [6.45, 7) is 1.92. The van der Waals surface area contributed by atoms with Crippen molar-refractivity contribution in [3.05, 3.63) is 53.6 Å². The van der Waals surface area contributed by atoms with E-state index in [1.807, 2.05) is 36.4 Å². The van der Waals surface area contributed by atoms with Gasteiger partial charge in [-0.05, 0) is 30.5 Å². The summed E-state index contributed by atoms with van der Waals surface area (Å²) in [5, 5.41) is 0. The lowest BCUT2D eigenvalue weighted by Crippen LogP contribution is -2.29. The van der Waals surface area contributed by atoms with Crippen LogP contribution in [0.25, 0.3) is 0 Å². The van der Waals surface area contributed by atoms with Gasteiger partial charge in [0.05, 0.1) is 12.9 Å². The van der Waals surface area contributed by atoms with Gasteiger partial charge >= 0.3 is 0 Å². The minimum Gasteiger partial charge on any atom is -0.493 e. The summed E-state index contributed by atoms with van der Waals surface area (Å²) in [5.41, 5.74) is 1.96. The van der Waals surface area contributed by atoms with Crippen LogP contribution in [0.15, 0.2) is 42.5 Å². The lowest BCUT2D eigenvalue weighted by molar-refractivity contribution is -0.00457. The monoisotopic (exact) mass is 378 g/mol. The fraction of sp³-hybridized carbons (Fsp3) is 0.368. The fourth-order valence-electron chi connectivity index (χ4n) is 2.67. The molecule has 26 heavy (non-hydrogen) atoms. The van der Waals surface area contributed by atoms with Crippen molar-refractivity contribution in [2.24, 2.45) is 0 Å². The molecular weight excluding hydrogens is 356 g/mol. The van der Waals surface area contributed by atoms with Gasteiger partial charge in [-0.1, -0.05) is 30.3 Å². The molecule has 0 aliphatic carbocycles. The standard InChI is InChI=1S/C19H22O6S/c1-3-26(20,21)25-19-10-9-15-11-17(22-2)18(12-16(15)24-19)23-13-14-7-5-4-6-8-14/h4-8,11-12,19H,3,9-10,13H2,1-2H3/t19-/m1/s1. The smallest absolute Gasteiger partial charge is 0.270 e. The molecule has 0 radical (unpaired) electrons. The summed E-state index contributed by atoms with van der Waals surface area (Å²) in [5.74, 6) is 1.61. The maximum Gasteiger partial charge on any atom is 0.270 e. The largest absolute Gasteiger partial charge is 0.493 e. The Balaban J connectivity index is 1.77. The lowest BCUT2D eigenvalue weighted by Gasteiger charge is -2.26. The average Bonchev–Trinajstić information content (AvgIpc) is 2.66. The summed E-state index contributed by atoms with van der Waals surface area (Å²) < 4.78 is 45.4. The van der Waals surface area contributed by atoms with Crippen LogP contribution in [0, 0.1) is 0 Å². The number of aryl methyl sites for hydroxylation is 1. The van der Waals surface area contributed by atoms with E-state index in [0.717, 1.165) is 11.1 Å². The van der Waals surface area contributed by atoms with Gasteiger partial charge in [0.2, 0.25) is 6.29 Å². The predicted molar refractivity (Wildman–Crippen MR) is 97.1 cm³/mol. The molecule has 2 aromatic carbocycles. The van der Waals surface area contributed by atoms with E-state index in [9.17, 15) is 8.42 Å². The van der Waals surface area contributed by atoms with Crippen LogP contribution in [0.1, 0.15) is 24.5 Å². The maximum absolute atomic E-state index is 11.7. The van der Waals surface area contributed by atoms with Crippen molar-refractivity contribution >= 4 is 10.1 Å². The number of hydrogen-bond donors (Lipinski definition) is 0. The molecule has 1 atom stereocenters. The third kappa shape index (κ3) is 4.47. The van der Waals surface area contributed by atoms with Crippen LogP contribution in [0.5, 0.6) is 17.2 Å². The molecule has 0 aromatic heterocycles. The van der Waals surface area contributed by atoms with E-state index in [0.29, 0.717) is 36.7 Å². The van der Waals surface area contributed by atoms with Crippen molar-refractivity contribution in [1.82, 2.24) is 0 Å². The molecule has 0 spiro atoms. The number of fused-ring (bicyclic) bond motifs is 1. The third-order valence-corrected chi connectivity index (χ3v) is 5.31. The fourth-order valence-corrected chi connectivity index (χ4v) is 3.27. The molecule has 1 heterocycles. The molecular formula is C19H22O6S. The average molecular weight is 378 g/mol. The van der Waals surface area contributed by atoms with Crippen LogP contribution in [0.4, 0.5) is 0 Å². The van der Waals surface area contributed by atoms with E-state index in [1.165, 1.54) is 6.92 Å². The first-order valence-electron chi connectivity index (χ1n) is 8.46. The van der Waals surface area contributed by atoms with Gasteiger partial charge in [0.15, 0.2) is 11.5 Å². The minimum absolute atomic E-state index is 0.0895. The first-order valence-corrected chi connectivity index (χ1v) is 10.0. The Bertz CT molecular complexity index is 848. The Morgan fingerprint density at radius 3 is 2.62 bits per heavy atom. The van der Waals surface area contributed by atoms with Gasteiger partial charge < -0.3 is 14.2 Å². The Morgan fingerprint density at radius 2 is 1.92 bits per heavy atom. The van der Waals surface area contributed by atoms with Gasteiger partial charge in [0.1, 0.15) is 12.4 Å². The highest BCUT2D eigenvalue weighted by molar-refractivity contribution is 7.86. The second-order valence-electron chi connectivity index (χ2n) is 5.91. The van der Waals surface area contributed by atoms with Gasteiger partial charge in [-0.15, -0.1) is 0 Å². The molecule has 0 fully saturated rings. The van der Waals surface area contributed by atoms with Crippen LogP contribution in [-0.4, -0.2) is 27.6 Å². The minimum atomic E-state index is -3.57. The highest BCUT2D eigenvalue weighted by atomic mass is 32.2. The van der Waals surface area contributed by atoms with E-state index < -0.39 is 16.4 Å². The Hall–Kier alpha value is -2.25. The molecule has 0 N–H and O–H groups in total. The molecule has 140 valence electrons. The molecule has 0 amide bonds. The lowest BCUT2D eigenvalue weighted by atomic mass is 10.0. The van der Waals surface area contributed by atoms with Crippen LogP contribution in [0.3, 0.4) is 0 Å². The topological polar surface area (TPSA) is 71.1 Å². The van der Waals surface area contributed by atoms with E-state index in [-0.39, 0.29) is 5.75 Å². The quantitative estimate of drug-likeness (QED) is 0.689. The molecule has 6 nitrogen and oxygen atoms in total. The summed E-state index contributed by atoms with van der Waals surface area (Å²) in [7, 11) is -1.99. The molecule has 1 aliphatic heterocycles. The second kappa shape index (κ2) is 7.97. The molecule has 0 saturated heterocycles. The number of hydrogen-bond acceptors (Lipinski definition) is 6. The Morgan fingerprint density at radius 1 is 1.15 bits per heavy atom. The van der Waals surface area contributed by atoms with Gasteiger partial charge in [-0.25, -0.2) is 4.18 Å². The first kappa shape index (κ1) is 18.5. The van der Waals surface area contributed by atoms with Gasteiger partial charge in [-0.3, -0.25) is 0 Å². The van der Waals surface area contributed by atoms with Crippen molar-refractivity contribution in [2.75, 3.05) is 12.9 Å². The van der Waals surface area contributed by atoms with Gasteiger partial charge in [0, 0.05) is 12.5 Å². The maximum atomic E-state index is 11.7. The van der Waals surface area contributed by atoms with Crippen LogP contribution in [-0.2, 0) is 27.3 Å². The summed E-state index contributed by atoms with van der Waals surface area (Å²) in [6, 6.07) is 13.4. The number of rotatable bonds is 7. The van der Waals surface area contributed by atoms with E-state index >= 15 is 0 Å². The van der Waals surface area contributed by atoms with Crippen molar-refractivity contribution in [3.8, 4) is 17.2 Å². The normalized spacial score (nSPS) is 16.5.